The number of unbranched alkanes of at least 4 members (excludes halogenated alkanes) is 1. The molecule has 0 spiro atoms. The van der Waals surface area contributed by atoms with Gasteiger partial charge in [-0.25, -0.2) is 14.4 Å². The van der Waals surface area contributed by atoms with Gasteiger partial charge in [0.1, 0.15) is 6.04 Å². The smallest absolute Gasteiger partial charge is 0.475 e. The summed E-state index contributed by atoms with van der Waals surface area (Å²) in [6.07, 6.45) is -2.06. The molecule has 2 saturated carbocycles. The van der Waals surface area contributed by atoms with Gasteiger partial charge in [0.25, 0.3) is 0 Å². The molecule has 0 aromatic carbocycles. The van der Waals surface area contributed by atoms with E-state index in [9.17, 15) is 49.1 Å². The molecule has 51 heavy (non-hydrogen) atoms. The van der Waals surface area contributed by atoms with Crippen LogP contribution in [0.4, 0.5) is 39.5 Å². The SMILES string of the molecule is NCCCNCCCCNCCCNC(=O)[C@H](CC1CCCCC1)NC(=O)C1CC1.O=C(O)C(F)(F)F.O=C(O)C(F)(F)F.O=C(O)C(F)(F)F. The highest BCUT2D eigenvalue weighted by Gasteiger charge is 2.39. The molecular weight excluding hydrogens is 717 g/mol. The normalized spacial score (nSPS) is 15.3. The number of hydrogen-bond acceptors (Lipinski definition) is 8. The fourth-order valence-corrected chi connectivity index (χ4v) is 4.15. The molecule has 2 aliphatic rings. The number of amides is 2. The molecule has 0 unspecified atom stereocenters. The van der Waals surface area contributed by atoms with Crippen LogP contribution in [0.1, 0.15) is 77.0 Å². The number of carbonyl (C=O) groups excluding carboxylic acids is 2. The summed E-state index contributed by atoms with van der Waals surface area (Å²) in [6.45, 7) is 5.38. The summed E-state index contributed by atoms with van der Waals surface area (Å²) >= 11 is 0. The zero-order valence-corrected chi connectivity index (χ0v) is 27.8. The van der Waals surface area contributed by atoms with Crippen molar-refractivity contribution in [2.24, 2.45) is 17.6 Å². The average molecular weight is 766 g/mol. The molecule has 2 aliphatic carbocycles. The van der Waals surface area contributed by atoms with Crippen molar-refractivity contribution < 1.29 is 78.8 Å². The van der Waals surface area contributed by atoms with Crippen molar-refractivity contribution in [3.63, 3.8) is 0 Å². The van der Waals surface area contributed by atoms with Gasteiger partial charge in [0.2, 0.25) is 11.8 Å². The van der Waals surface area contributed by atoms with Crippen LogP contribution in [0.25, 0.3) is 0 Å². The third-order valence-corrected chi connectivity index (χ3v) is 6.95. The second-order valence-corrected chi connectivity index (χ2v) is 11.5. The lowest BCUT2D eigenvalue weighted by molar-refractivity contribution is -0.193. The molecule has 2 fully saturated rings. The van der Waals surface area contributed by atoms with E-state index in [1.807, 2.05) is 0 Å². The van der Waals surface area contributed by atoms with E-state index in [0.29, 0.717) is 12.5 Å². The lowest BCUT2D eigenvalue weighted by Crippen LogP contribution is -2.48. The summed E-state index contributed by atoms with van der Waals surface area (Å²) in [4.78, 5) is 51.6. The minimum atomic E-state index is -5.08. The first-order chi connectivity index (χ1) is 23.5. The van der Waals surface area contributed by atoms with Crippen molar-refractivity contribution in [1.29, 1.82) is 0 Å². The standard InChI is InChI=1S/C23H45N5O2.3C2HF3O2/c24-12-6-15-25-13-4-5-14-26-16-7-17-27-23(30)21(28-22(29)20-10-11-20)18-19-8-2-1-3-9-19;3*3-2(4,5)1(6)7/h19-21,25-26H,1-18,24H2,(H,27,30)(H,28,29);3*(H,6,7)/t21-;;;/m0.../s1. The maximum atomic E-state index is 12.7. The number of nitrogens with one attached hydrogen (secondary N) is 4. The highest BCUT2D eigenvalue weighted by Crippen LogP contribution is 2.30. The van der Waals surface area contributed by atoms with E-state index < -0.39 is 36.4 Å². The van der Waals surface area contributed by atoms with Crippen LogP contribution in [0.3, 0.4) is 0 Å². The molecule has 1 atom stereocenters. The monoisotopic (exact) mass is 765 g/mol. The summed E-state index contributed by atoms with van der Waals surface area (Å²) in [6, 6.07) is -0.360. The van der Waals surface area contributed by atoms with Crippen LogP contribution in [-0.4, -0.2) is 109 Å². The van der Waals surface area contributed by atoms with Crippen LogP contribution in [-0.2, 0) is 24.0 Å². The van der Waals surface area contributed by atoms with Crippen LogP contribution in [0.15, 0.2) is 0 Å². The van der Waals surface area contributed by atoms with Crippen LogP contribution in [0, 0.1) is 11.8 Å². The number of aliphatic carboxylic acids is 3. The maximum absolute atomic E-state index is 12.7. The molecule has 0 aromatic rings. The maximum Gasteiger partial charge on any atom is 0.490 e. The summed E-state index contributed by atoms with van der Waals surface area (Å²) in [5, 5.41) is 34.3. The van der Waals surface area contributed by atoms with Gasteiger partial charge < -0.3 is 42.3 Å². The summed E-state index contributed by atoms with van der Waals surface area (Å²) in [5.41, 5.74) is 5.47. The van der Waals surface area contributed by atoms with Crippen molar-refractivity contribution in [1.82, 2.24) is 21.3 Å². The van der Waals surface area contributed by atoms with Crippen LogP contribution in [0.5, 0.6) is 0 Å². The summed E-state index contributed by atoms with van der Waals surface area (Å²) in [5.74, 6) is -7.48. The Morgan fingerprint density at radius 1 is 0.608 bits per heavy atom. The van der Waals surface area contributed by atoms with Crippen LogP contribution >= 0.6 is 0 Å². The first-order valence-corrected chi connectivity index (χ1v) is 16.1. The van der Waals surface area contributed by atoms with Gasteiger partial charge in [-0.2, -0.15) is 39.5 Å². The van der Waals surface area contributed by atoms with Crippen LogP contribution < -0.4 is 27.0 Å². The van der Waals surface area contributed by atoms with Crippen molar-refractivity contribution in [3.05, 3.63) is 0 Å². The van der Waals surface area contributed by atoms with Gasteiger partial charge in [0.15, 0.2) is 0 Å². The molecule has 0 radical (unpaired) electrons. The number of carboxylic acids is 3. The van der Waals surface area contributed by atoms with Crippen molar-refractivity contribution in [2.45, 2.75) is 102 Å². The summed E-state index contributed by atoms with van der Waals surface area (Å²) < 4.78 is 95.2. The van der Waals surface area contributed by atoms with Crippen molar-refractivity contribution in [2.75, 3.05) is 39.3 Å². The highest BCUT2D eigenvalue weighted by atomic mass is 19.4. The Kier molecular flexibility index (Phi) is 25.7. The van der Waals surface area contributed by atoms with Gasteiger partial charge in [-0.05, 0) is 83.6 Å². The second kappa shape index (κ2) is 26.4. The Morgan fingerprint density at radius 2 is 1.00 bits per heavy atom. The van der Waals surface area contributed by atoms with Gasteiger partial charge in [-0.1, -0.05) is 32.1 Å². The van der Waals surface area contributed by atoms with E-state index in [4.69, 9.17) is 35.4 Å². The van der Waals surface area contributed by atoms with Gasteiger partial charge in [0, 0.05) is 12.5 Å². The number of carboxylic acid groups (broad SMARTS) is 3. The topological polar surface area (TPSA) is 220 Å². The predicted octanol–water partition coefficient (Wildman–Crippen LogP) is 3.57. The minimum absolute atomic E-state index is 0.00173. The van der Waals surface area contributed by atoms with E-state index in [-0.39, 0.29) is 23.8 Å². The first kappa shape index (κ1) is 49.7. The average Bonchev–Trinajstić information content (AvgIpc) is 3.87. The largest absolute Gasteiger partial charge is 0.490 e. The molecule has 300 valence electrons. The van der Waals surface area contributed by atoms with E-state index >= 15 is 0 Å². The Morgan fingerprint density at radius 3 is 1.37 bits per heavy atom. The third-order valence-electron chi connectivity index (χ3n) is 6.95. The van der Waals surface area contributed by atoms with E-state index in [2.05, 4.69) is 21.3 Å². The Labute approximate surface area is 288 Å². The van der Waals surface area contributed by atoms with E-state index in [1.54, 1.807) is 0 Å². The zero-order valence-electron chi connectivity index (χ0n) is 27.8. The molecule has 2 amide bonds. The molecule has 0 bridgehead atoms. The number of hydrogen-bond donors (Lipinski definition) is 8. The zero-order chi connectivity index (χ0) is 39.7. The highest BCUT2D eigenvalue weighted by molar-refractivity contribution is 5.89. The van der Waals surface area contributed by atoms with Gasteiger partial charge in [-0.3, -0.25) is 9.59 Å². The van der Waals surface area contributed by atoms with Gasteiger partial charge in [0.05, 0.1) is 0 Å². The Bertz CT molecular complexity index is 965. The number of nitrogens with two attached hydrogens (primary N) is 1. The Balaban J connectivity index is 0. The molecule has 0 aliphatic heterocycles. The molecule has 0 heterocycles. The third kappa shape index (κ3) is 30.0. The first-order valence-electron chi connectivity index (χ1n) is 16.1. The second-order valence-electron chi connectivity index (χ2n) is 11.5. The molecule has 13 nitrogen and oxygen atoms in total. The molecule has 0 saturated heterocycles. The minimum Gasteiger partial charge on any atom is -0.475 e. The molecule has 2 rings (SSSR count). The fourth-order valence-electron chi connectivity index (χ4n) is 4.15. The molecule has 0 aromatic heterocycles. The molecular formula is C29H48F9N5O8. The van der Waals surface area contributed by atoms with Gasteiger partial charge in [-0.15, -0.1) is 0 Å². The molecule has 9 N–H and O–H groups in total. The van der Waals surface area contributed by atoms with Gasteiger partial charge >= 0.3 is 36.4 Å². The van der Waals surface area contributed by atoms with E-state index in [1.165, 1.54) is 32.1 Å². The Hall–Kier alpha value is -3.40. The fraction of sp³-hybridized carbons (Fsp3) is 0.828. The lowest BCUT2D eigenvalue weighted by Gasteiger charge is -2.26. The number of carbonyl (C=O) groups is 5. The van der Waals surface area contributed by atoms with Crippen molar-refractivity contribution >= 4 is 29.7 Å². The number of rotatable bonds is 17. The van der Waals surface area contributed by atoms with E-state index in [0.717, 1.165) is 77.7 Å². The molecule has 22 heteroatoms. The number of halogens is 9. The quantitative estimate of drug-likeness (QED) is 0.0791. The number of alkyl halides is 9. The predicted molar refractivity (Wildman–Crippen MR) is 163 cm³/mol. The van der Waals surface area contributed by atoms with Crippen molar-refractivity contribution in [3.8, 4) is 0 Å². The lowest BCUT2D eigenvalue weighted by atomic mass is 9.84. The summed E-state index contributed by atoms with van der Waals surface area (Å²) in [7, 11) is 0. The van der Waals surface area contributed by atoms with Crippen LogP contribution in [0.2, 0.25) is 0 Å².